The van der Waals surface area contributed by atoms with Crippen LogP contribution in [0, 0.1) is 5.82 Å². The van der Waals surface area contributed by atoms with Crippen LogP contribution in [0.2, 0.25) is 5.02 Å². The van der Waals surface area contributed by atoms with Crippen LogP contribution >= 0.6 is 11.6 Å². The van der Waals surface area contributed by atoms with Crippen LogP contribution in [0.1, 0.15) is 5.56 Å². The Bertz CT molecular complexity index is 488. The Hall–Kier alpha value is -1.65. The lowest BCUT2D eigenvalue weighted by Crippen LogP contribution is -2.32. The average Bonchev–Trinajstić information content (AvgIpc) is 2.39. The Kier molecular flexibility index (Phi) is 6.25. The monoisotopic (exact) mass is 283 g/mol. The molecule has 0 aliphatic heterocycles. The highest BCUT2D eigenvalue weighted by Crippen LogP contribution is 2.16. The lowest BCUT2D eigenvalue weighted by Gasteiger charge is -2.17. The van der Waals surface area contributed by atoms with Gasteiger partial charge in [-0.05, 0) is 23.8 Å². The summed E-state index contributed by atoms with van der Waals surface area (Å²) in [5.41, 5.74) is 0.627. The van der Waals surface area contributed by atoms with Gasteiger partial charge in [-0.3, -0.25) is 4.79 Å². The van der Waals surface area contributed by atoms with Gasteiger partial charge in [0, 0.05) is 19.2 Å². The maximum Gasteiger partial charge on any atom is 0.246 e. The van der Waals surface area contributed by atoms with E-state index in [9.17, 15) is 9.18 Å². The molecule has 0 fully saturated rings. The number of benzene rings is 1. The Morgan fingerprint density at radius 3 is 2.84 bits per heavy atom. The summed E-state index contributed by atoms with van der Waals surface area (Å²) in [5, 5.41) is 8.86. The van der Waals surface area contributed by atoms with Crippen LogP contribution in [0.25, 0.3) is 6.08 Å². The molecule has 0 spiro atoms. The zero-order valence-electron chi connectivity index (χ0n) is 10.4. The van der Waals surface area contributed by atoms with E-state index in [2.05, 4.69) is 6.58 Å². The van der Waals surface area contributed by atoms with Crippen molar-refractivity contribution in [2.75, 3.05) is 19.7 Å². The highest BCUT2D eigenvalue weighted by Gasteiger charge is 2.07. The number of carbonyl (C=O) groups excluding carboxylic acids is 1. The number of aliphatic hydroxyl groups is 1. The summed E-state index contributed by atoms with van der Waals surface area (Å²) in [4.78, 5) is 13.3. The van der Waals surface area contributed by atoms with Gasteiger partial charge in [0.25, 0.3) is 0 Å². The van der Waals surface area contributed by atoms with Crippen LogP contribution in [0.5, 0.6) is 0 Å². The first-order valence-electron chi connectivity index (χ1n) is 5.72. The van der Waals surface area contributed by atoms with E-state index in [0.717, 1.165) is 0 Å². The van der Waals surface area contributed by atoms with Gasteiger partial charge in [0.15, 0.2) is 0 Å². The molecule has 0 heterocycles. The van der Waals surface area contributed by atoms with Gasteiger partial charge in [0.05, 0.1) is 11.6 Å². The molecule has 1 aromatic carbocycles. The maximum absolute atomic E-state index is 13.0. The van der Waals surface area contributed by atoms with Crippen molar-refractivity contribution in [3.8, 4) is 0 Å². The second-order valence-electron chi connectivity index (χ2n) is 3.80. The van der Waals surface area contributed by atoms with E-state index in [4.69, 9.17) is 16.7 Å². The largest absolute Gasteiger partial charge is 0.395 e. The molecule has 0 aromatic heterocycles. The van der Waals surface area contributed by atoms with E-state index in [1.807, 2.05) is 0 Å². The Balaban J connectivity index is 2.75. The number of aliphatic hydroxyl groups excluding tert-OH is 1. The van der Waals surface area contributed by atoms with E-state index in [1.54, 1.807) is 12.2 Å². The van der Waals surface area contributed by atoms with Gasteiger partial charge in [0.1, 0.15) is 5.82 Å². The molecule has 0 saturated heterocycles. The van der Waals surface area contributed by atoms with Crippen molar-refractivity contribution in [2.24, 2.45) is 0 Å². The third kappa shape index (κ3) is 4.85. The molecule has 102 valence electrons. The van der Waals surface area contributed by atoms with Gasteiger partial charge in [0.2, 0.25) is 5.91 Å². The van der Waals surface area contributed by atoms with Crippen LogP contribution in [-0.4, -0.2) is 35.6 Å². The average molecular weight is 284 g/mol. The van der Waals surface area contributed by atoms with Crippen LogP contribution in [-0.2, 0) is 4.79 Å². The molecular formula is C14H15ClFNO2. The van der Waals surface area contributed by atoms with Gasteiger partial charge in [-0.15, -0.1) is 6.58 Å². The molecule has 0 unspecified atom stereocenters. The number of amides is 1. The number of rotatable bonds is 6. The van der Waals surface area contributed by atoms with Gasteiger partial charge in [-0.1, -0.05) is 23.7 Å². The smallest absolute Gasteiger partial charge is 0.246 e. The van der Waals surface area contributed by atoms with Crippen molar-refractivity contribution in [1.29, 1.82) is 0 Å². The second kappa shape index (κ2) is 7.71. The summed E-state index contributed by atoms with van der Waals surface area (Å²) in [6.45, 7) is 4.02. The first kappa shape index (κ1) is 15.4. The molecule has 1 rings (SSSR count). The minimum Gasteiger partial charge on any atom is -0.395 e. The molecule has 3 nitrogen and oxygen atoms in total. The Morgan fingerprint density at radius 2 is 2.26 bits per heavy atom. The van der Waals surface area contributed by atoms with Crippen molar-refractivity contribution in [3.63, 3.8) is 0 Å². The summed E-state index contributed by atoms with van der Waals surface area (Å²) in [6.07, 6.45) is 4.47. The fourth-order valence-corrected chi connectivity index (χ4v) is 1.65. The first-order chi connectivity index (χ1) is 9.08. The van der Waals surface area contributed by atoms with Crippen LogP contribution < -0.4 is 0 Å². The number of hydrogen-bond donors (Lipinski definition) is 1. The second-order valence-corrected chi connectivity index (χ2v) is 4.21. The lowest BCUT2D eigenvalue weighted by atomic mass is 10.2. The summed E-state index contributed by atoms with van der Waals surface area (Å²) in [6, 6.07) is 4.20. The topological polar surface area (TPSA) is 40.5 Å². The molecule has 0 atom stereocenters. The van der Waals surface area contributed by atoms with E-state index in [-0.39, 0.29) is 24.1 Å². The summed E-state index contributed by atoms with van der Waals surface area (Å²) < 4.78 is 13.0. The van der Waals surface area contributed by atoms with E-state index in [0.29, 0.717) is 12.1 Å². The van der Waals surface area contributed by atoms with Crippen LogP contribution in [0.4, 0.5) is 4.39 Å². The predicted octanol–water partition coefficient (Wildman–Crippen LogP) is 2.50. The van der Waals surface area contributed by atoms with Gasteiger partial charge in [-0.25, -0.2) is 4.39 Å². The van der Waals surface area contributed by atoms with E-state index < -0.39 is 5.82 Å². The van der Waals surface area contributed by atoms with Crippen LogP contribution in [0.3, 0.4) is 0 Å². The molecule has 0 saturated carbocycles. The molecule has 1 aromatic rings. The molecule has 0 aliphatic rings. The SMILES string of the molecule is C=CCN(CCO)C(=O)/C=C/c1ccc(F)c(Cl)c1. The zero-order chi connectivity index (χ0) is 14.3. The van der Waals surface area contributed by atoms with E-state index >= 15 is 0 Å². The molecule has 0 bridgehead atoms. The molecule has 0 radical (unpaired) electrons. The highest BCUT2D eigenvalue weighted by atomic mass is 35.5. The highest BCUT2D eigenvalue weighted by molar-refractivity contribution is 6.30. The Labute approximate surface area is 116 Å². The predicted molar refractivity (Wildman–Crippen MR) is 74.3 cm³/mol. The molecule has 1 amide bonds. The Morgan fingerprint density at radius 1 is 1.53 bits per heavy atom. The summed E-state index contributed by atoms with van der Waals surface area (Å²) >= 11 is 5.64. The fraction of sp³-hybridized carbons (Fsp3) is 0.214. The molecular weight excluding hydrogens is 269 g/mol. The summed E-state index contributed by atoms with van der Waals surface area (Å²) in [7, 11) is 0. The van der Waals surface area contributed by atoms with Crippen molar-refractivity contribution in [2.45, 2.75) is 0 Å². The van der Waals surface area contributed by atoms with Crippen LogP contribution in [0.15, 0.2) is 36.9 Å². The van der Waals surface area contributed by atoms with E-state index in [1.165, 1.54) is 29.2 Å². The number of hydrogen-bond acceptors (Lipinski definition) is 2. The summed E-state index contributed by atoms with van der Waals surface area (Å²) in [5.74, 6) is -0.756. The molecule has 5 heteroatoms. The number of nitrogens with zero attached hydrogens (tertiary/aromatic N) is 1. The number of halogens is 2. The van der Waals surface area contributed by atoms with Crippen molar-refractivity contribution >= 4 is 23.6 Å². The fourth-order valence-electron chi connectivity index (χ4n) is 1.46. The minimum absolute atomic E-state index is 0.00732. The number of carbonyl (C=O) groups is 1. The zero-order valence-corrected chi connectivity index (χ0v) is 11.1. The first-order valence-corrected chi connectivity index (χ1v) is 6.10. The third-order valence-electron chi connectivity index (χ3n) is 2.39. The van der Waals surface area contributed by atoms with Gasteiger partial charge >= 0.3 is 0 Å². The molecule has 0 aliphatic carbocycles. The lowest BCUT2D eigenvalue weighted by molar-refractivity contribution is -0.125. The van der Waals surface area contributed by atoms with Crippen molar-refractivity contribution in [1.82, 2.24) is 4.90 Å². The van der Waals surface area contributed by atoms with Crippen molar-refractivity contribution in [3.05, 3.63) is 53.3 Å². The normalized spacial score (nSPS) is 10.7. The standard InChI is InChI=1S/C14H15ClFNO2/c1-2-7-17(8-9-18)14(19)6-4-11-3-5-13(16)12(15)10-11/h2-6,10,18H,1,7-9H2/b6-4+. The molecule has 1 N–H and O–H groups in total. The minimum atomic E-state index is -0.501. The van der Waals surface area contributed by atoms with Gasteiger partial charge < -0.3 is 10.0 Å². The van der Waals surface area contributed by atoms with Crippen molar-refractivity contribution < 1.29 is 14.3 Å². The quantitative estimate of drug-likeness (QED) is 0.644. The van der Waals surface area contributed by atoms with Gasteiger partial charge in [-0.2, -0.15) is 0 Å². The maximum atomic E-state index is 13.0. The molecule has 19 heavy (non-hydrogen) atoms. The third-order valence-corrected chi connectivity index (χ3v) is 2.68.